The van der Waals surface area contributed by atoms with Crippen LogP contribution in [0.5, 0.6) is 0 Å². The highest BCUT2D eigenvalue weighted by molar-refractivity contribution is 7.99. The van der Waals surface area contributed by atoms with Gasteiger partial charge in [0.1, 0.15) is 0 Å². The van der Waals surface area contributed by atoms with E-state index in [1.807, 2.05) is 36.4 Å². The summed E-state index contributed by atoms with van der Waals surface area (Å²) in [6.07, 6.45) is 5.99. The fourth-order valence-corrected chi connectivity index (χ4v) is 3.88. The van der Waals surface area contributed by atoms with Crippen LogP contribution < -0.4 is 5.32 Å². The van der Waals surface area contributed by atoms with Crippen molar-refractivity contribution in [2.24, 2.45) is 0 Å². The van der Waals surface area contributed by atoms with Crippen LogP contribution in [0.25, 0.3) is 22.5 Å². The summed E-state index contributed by atoms with van der Waals surface area (Å²) in [6.45, 7) is 2.96. The molecule has 0 spiro atoms. The maximum Gasteiger partial charge on any atom is 0.230 e. The van der Waals surface area contributed by atoms with Gasteiger partial charge in [-0.25, -0.2) is 4.98 Å². The van der Waals surface area contributed by atoms with Crippen molar-refractivity contribution in [1.29, 1.82) is 0 Å². The molecule has 29 heavy (non-hydrogen) atoms. The second-order valence-electron chi connectivity index (χ2n) is 7.05. The zero-order chi connectivity index (χ0) is 20.3. The van der Waals surface area contributed by atoms with Gasteiger partial charge in [-0.05, 0) is 6.42 Å². The summed E-state index contributed by atoms with van der Waals surface area (Å²) in [5.41, 5.74) is 4.04. The van der Waals surface area contributed by atoms with Crippen molar-refractivity contribution in [3.63, 3.8) is 0 Å². The summed E-state index contributed by atoms with van der Waals surface area (Å²) >= 11 is 1.45. The summed E-state index contributed by atoms with van der Waals surface area (Å²) in [6, 6.07) is 20.3. The molecule has 4 nitrogen and oxygen atoms in total. The lowest BCUT2D eigenvalue weighted by atomic mass is 10.1. The SMILES string of the molecule is CCCCCCCNC(=O)CSc1nc(-c2ccccc2)c(-c2ccccc2)[nH]1. The smallest absolute Gasteiger partial charge is 0.230 e. The number of benzene rings is 2. The molecule has 0 atom stereocenters. The zero-order valence-corrected chi connectivity index (χ0v) is 17.8. The Kier molecular flexibility index (Phi) is 8.38. The van der Waals surface area contributed by atoms with Gasteiger partial charge in [0.05, 0.1) is 17.1 Å². The molecule has 5 heteroatoms. The van der Waals surface area contributed by atoms with E-state index in [-0.39, 0.29) is 5.91 Å². The fraction of sp³-hybridized carbons (Fsp3) is 0.333. The van der Waals surface area contributed by atoms with Gasteiger partial charge in [0, 0.05) is 17.7 Å². The molecule has 0 aliphatic heterocycles. The summed E-state index contributed by atoms with van der Waals surface area (Å²) in [5.74, 6) is 0.426. The van der Waals surface area contributed by atoms with Gasteiger partial charge >= 0.3 is 0 Å². The molecule has 3 aromatic rings. The Morgan fingerprint density at radius 1 is 0.931 bits per heavy atom. The van der Waals surface area contributed by atoms with E-state index in [1.165, 1.54) is 37.4 Å². The normalized spacial score (nSPS) is 10.8. The molecule has 0 radical (unpaired) electrons. The highest BCUT2D eigenvalue weighted by atomic mass is 32.2. The number of rotatable bonds is 11. The molecule has 0 bridgehead atoms. The van der Waals surface area contributed by atoms with Crippen molar-refractivity contribution < 1.29 is 4.79 Å². The Hall–Kier alpha value is -2.53. The minimum absolute atomic E-state index is 0.0596. The number of carbonyl (C=O) groups is 1. The molecule has 0 saturated heterocycles. The van der Waals surface area contributed by atoms with E-state index in [1.54, 1.807) is 0 Å². The Balaban J connectivity index is 1.62. The number of carbonyl (C=O) groups excluding carboxylic acids is 1. The van der Waals surface area contributed by atoms with Crippen LogP contribution in [0, 0.1) is 0 Å². The first-order valence-electron chi connectivity index (χ1n) is 10.4. The number of imidazole rings is 1. The highest BCUT2D eigenvalue weighted by Crippen LogP contribution is 2.32. The van der Waals surface area contributed by atoms with Crippen molar-refractivity contribution in [3.05, 3.63) is 60.7 Å². The number of hydrogen-bond donors (Lipinski definition) is 2. The number of unbranched alkanes of at least 4 members (excludes halogenated alkanes) is 4. The molecule has 0 unspecified atom stereocenters. The van der Waals surface area contributed by atoms with E-state index < -0.39 is 0 Å². The number of aromatic nitrogens is 2. The zero-order valence-electron chi connectivity index (χ0n) is 17.0. The Morgan fingerprint density at radius 3 is 2.28 bits per heavy atom. The molecule has 0 aliphatic carbocycles. The van der Waals surface area contributed by atoms with Gasteiger partial charge in [-0.3, -0.25) is 4.79 Å². The minimum atomic E-state index is 0.0596. The lowest BCUT2D eigenvalue weighted by Gasteiger charge is -2.04. The summed E-state index contributed by atoms with van der Waals surface area (Å²) in [4.78, 5) is 20.4. The first kappa shape index (κ1) is 21.2. The molecule has 0 saturated carbocycles. The number of nitrogens with zero attached hydrogens (tertiary/aromatic N) is 1. The van der Waals surface area contributed by atoms with Crippen LogP contribution in [0.4, 0.5) is 0 Å². The van der Waals surface area contributed by atoms with Gasteiger partial charge < -0.3 is 10.3 Å². The van der Waals surface area contributed by atoms with Crippen LogP contribution in [0.15, 0.2) is 65.8 Å². The molecule has 0 aliphatic rings. The Bertz CT molecular complexity index is 821. The second kappa shape index (κ2) is 11.5. The van der Waals surface area contributed by atoms with Crippen molar-refractivity contribution in [1.82, 2.24) is 15.3 Å². The average molecular weight is 408 g/mol. The van der Waals surface area contributed by atoms with E-state index in [4.69, 9.17) is 4.98 Å². The molecule has 152 valence electrons. The van der Waals surface area contributed by atoms with Crippen LogP contribution in [-0.4, -0.2) is 28.2 Å². The molecule has 1 aromatic heterocycles. The molecule has 1 amide bonds. The molecule has 0 fully saturated rings. The van der Waals surface area contributed by atoms with E-state index in [0.29, 0.717) is 5.75 Å². The third-order valence-corrected chi connectivity index (χ3v) is 5.61. The summed E-state index contributed by atoms with van der Waals surface area (Å²) < 4.78 is 0. The van der Waals surface area contributed by atoms with Gasteiger partial charge in [0.15, 0.2) is 5.16 Å². The average Bonchev–Trinajstić information content (AvgIpc) is 3.20. The van der Waals surface area contributed by atoms with Crippen LogP contribution in [0.2, 0.25) is 0 Å². The maximum absolute atomic E-state index is 12.2. The van der Waals surface area contributed by atoms with Crippen molar-refractivity contribution in [2.45, 2.75) is 44.2 Å². The number of H-pyrrole nitrogens is 1. The molecule has 3 rings (SSSR count). The van der Waals surface area contributed by atoms with Crippen molar-refractivity contribution >= 4 is 17.7 Å². The van der Waals surface area contributed by atoms with E-state index in [9.17, 15) is 4.79 Å². The van der Waals surface area contributed by atoms with Gasteiger partial charge in [0.2, 0.25) is 5.91 Å². The second-order valence-corrected chi connectivity index (χ2v) is 8.01. The van der Waals surface area contributed by atoms with E-state index in [0.717, 1.165) is 40.6 Å². The fourth-order valence-electron chi connectivity index (χ4n) is 3.18. The lowest BCUT2D eigenvalue weighted by molar-refractivity contribution is -0.118. The lowest BCUT2D eigenvalue weighted by Crippen LogP contribution is -2.26. The van der Waals surface area contributed by atoms with Gasteiger partial charge in [-0.15, -0.1) is 0 Å². The van der Waals surface area contributed by atoms with Crippen molar-refractivity contribution in [3.8, 4) is 22.5 Å². The Morgan fingerprint density at radius 2 is 1.59 bits per heavy atom. The first-order chi connectivity index (χ1) is 14.3. The molecule has 1 heterocycles. The number of aromatic amines is 1. The quantitative estimate of drug-likeness (QED) is 0.306. The first-order valence-corrected chi connectivity index (χ1v) is 11.4. The number of amides is 1. The van der Waals surface area contributed by atoms with E-state index in [2.05, 4.69) is 41.5 Å². The molecular weight excluding hydrogens is 378 g/mol. The minimum Gasteiger partial charge on any atom is -0.355 e. The standard InChI is InChI=1S/C24H29N3OS/c1-2-3-4-5-12-17-25-21(28)18-29-24-26-22(19-13-8-6-9-14-19)23(27-24)20-15-10-7-11-16-20/h6-11,13-16H,2-5,12,17-18H2,1H3,(H,25,28)(H,26,27). The number of thioether (sulfide) groups is 1. The molecule has 2 aromatic carbocycles. The van der Waals surface area contributed by atoms with Gasteiger partial charge in [-0.2, -0.15) is 0 Å². The van der Waals surface area contributed by atoms with Gasteiger partial charge in [-0.1, -0.05) is 105 Å². The largest absolute Gasteiger partial charge is 0.355 e. The third-order valence-electron chi connectivity index (χ3n) is 4.73. The summed E-state index contributed by atoms with van der Waals surface area (Å²) in [5, 5.41) is 3.78. The van der Waals surface area contributed by atoms with Crippen LogP contribution in [-0.2, 0) is 4.79 Å². The summed E-state index contributed by atoms with van der Waals surface area (Å²) in [7, 11) is 0. The van der Waals surface area contributed by atoms with Gasteiger partial charge in [0.25, 0.3) is 0 Å². The van der Waals surface area contributed by atoms with Crippen molar-refractivity contribution in [2.75, 3.05) is 12.3 Å². The third kappa shape index (κ3) is 6.50. The topological polar surface area (TPSA) is 57.8 Å². The monoisotopic (exact) mass is 407 g/mol. The predicted molar refractivity (Wildman–Crippen MR) is 122 cm³/mol. The number of hydrogen-bond acceptors (Lipinski definition) is 3. The Labute approximate surface area is 177 Å². The molecular formula is C24H29N3OS. The predicted octanol–water partition coefficient (Wildman–Crippen LogP) is 5.92. The number of nitrogens with one attached hydrogen (secondary N) is 2. The highest BCUT2D eigenvalue weighted by Gasteiger charge is 2.15. The van der Waals surface area contributed by atoms with E-state index >= 15 is 0 Å². The molecule has 2 N–H and O–H groups in total. The van der Waals surface area contributed by atoms with Crippen LogP contribution in [0.1, 0.15) is 39.0 Å². The van der Waals surface area contributed by atoms with Crippen LogP contribution in [0.3, 0.4) is 0 Å². The maximum atomic E-state index is 12.2. The van der Waals surface area contributed by atoms with Crippen LogP contribution >= 0.6 is 11.8 Å².